The van der Waals surface area contributed by atoms with E-state index in [0.29, 0.717) is 22.1 Å². The first-order chi connectivity index (χ1) is 10.4. The molecule has 1 amide bonds. The Hall–Kier alpha value is -1.86. The van der Waals surface area contributed by atoms with Crippen LogP contribution in [0.1, 0.15) is 27.3 Å². The van der Waals surface area contributed by atoms with Crippen molar-refractivity contribution in [2.24, 2.45) is 0 Å². The summed E-state index contributed by atoms with van der Waals surface area (Å²) in [4.78, 5) is 24.6. The number of ether oxygens (including phenoxy) is 1. The zero-order valence-electron chi connectivity index (χ0n) is 12.5. The third-order valence-corrected chi connectivity index (χ3v) is 4.30. The summed E-state index contributed by atoms with van der Waals surface area (Å²) >= 11 is 7.25. The first-order valence-corrected chi connectivity index (χ1v) is 7.78. The van der Waals surface area contributed by atoms with Crippen molar-refractivity contribution in [3.05, 3.63) is 33.4 Å². The molecule has 0 atom stereocenters. The number of carbonyl (C=O) groups excluding carboxylic acids is 2. The molecule has 1 N–H and O–H groups in total. The number of nitrogens with zero attached hydrogens (tertiary/aromatic N) is 2. The largest absolute Gasteiger partial charge is 0.465 e. The Morgan fingerprint density at radius 2 is 2.18 bits per heavy atom. The Morgan fingerprint density at radius 1 is 1.45 bits per heavy atom. The standard InChI is InChI=1S/C14H16ClN3O3S/c1-8-6-10(14(20)21-3)13(22-8)16-12(19)4-5-18-7-11(15)9(2)17-18/h6-7H,4-5H2,1-3H3,(H,16,19). The lowest BCUT2D eigenvalue weighted by molar-refractivity contribution is -0.116. The van der Waals surface area contributed by atoms with E-state index in [9.17, 15) is 9.59 Å². The van der Waals surface area contributed by atoms with Gasteiger partial charge in [-0.1, -0.05) is 11.6 Å². The topological polar surface area (TPSA) is 73.2 Å². The molecule has 2 rings (SSSR count). The van der Waals surface area contributed by atoms with Crippen LogP contribution in [0.5, 0.6) is 0 Å². The van der Waals surface area contributed by atoms with Gasteiger partial charge in [-0.05, 0) is 19.9 Å². The van der Waals surface area contributed by atoms with Crippen molar-refractivity contribution in [2.45, 2.75) is 26.8 Å². The number of aromatic nitrogens is 2. The normalized spacial score (nSPS) is 10.5. The average molecular weight is 342 g/mol. The van der Waals surface area contributed by atoms with Crippen LogP contribution in [0.4, 0.5) is 5.00 Å². The van der Waals surface area contributed by atoms with E-state index in [1.165, 1.54) is 18.4 Å². The molecular formula is C14H16ClN3O3S. The van der Waals surface area contributed by atoms with Gasteiger partial charge < -0.3 is 10.1 Å². The number of anilines is 1. The first-order valence-electron chi connectivity index (χ1n) is 6.59. The SMILES string of the molecule is COC(=O)c1cc(C)sc1NC(=O)CCn1cc(Cl)c(C)n1. The molecule has 0 fully saturated rings. The summed E-state index contributed by atoms with van der Waals surface area (Å²) in [5, 5.41) is 8.00. The van der Waals surface area contributed by atoms with Crippen molar-refractivity contribution in [1.82, 2.24) is 9.78 Å². The molecule has 0 spiro atoms. The lowest BCUT2D eigenvalue weighted by Gasteiger charge is -2.05. The highest BCUT2D eigenvalue weighted by atomic mass is 35.5. The molecule has 0 saturated heterocycles. The number of halogens is 1. The summed E-state index contributed by atoms with van der Waals surface area (Å²) in [6.07, 6.45) is 1.91. The van der Waals surface area contributed by atoms with Gasteiger partial charge in [0, 0.05) is 24.0 Å². The minimum atomic E-state index is -0.464. The molecule has 2 aromatic heterocycles. The van der Waals surface area contributed by atoms with E-state index >= 15 is 0 Å². The molecule has 22 heavy (non-hydrogen) atoms. The van der Waals surface area contributed by atoms with Crippen molar-refractivity contribution in [2.75, 3.05) is 12.4 Å². The van der Waals surface area contributed by atoms with E-state index in [4.69, 9.17) is 16.3 Å². The predicted octanol–water partition coefficient (Wildman–Crippen LogP) is 3.03. The fourth-order valence-electron chi connectivity index (χ4n) is 1.88. The second-order valence-electron chi connectivity index (χ2n) is 4.72. The van der Waals surface area contributed by atoms with E-state index in [0.717, 1.165) is 10.6 Å². The van der Waals surface area contributed by atoms with Crippen molar-refractivity contribution in [3.63, 3.8) is 0 Å². The van der Waals surface area contributed by atoms with Crippen LogP contribution in [-0.4, -0.2) is 28.8 Å². The average Bonchev–Trinajstić information content (AvgIpc) is 2.99. The van der Waals surface area contributed by atoms with Gasteiger partial charge >= 0.3 is 5.97 Å². The second kappa shape index (κ2) is 6.93. The molecule has 0 aliphatic heterocycles. The van der Waals surface area contributed by atoms with E-state index in [-0.39, 0.29) is 12.3 Å². The van der Waals surface area contributed by atoms with Crippen molar-refractivity contribution >= 4 is 39.8 Å². The Kier molecular flexibility index (Phi) is 5.20. The molecule has 0 aliphatic rings. The summed E-state index contributed by atoms with van der Waals surface area (Å²) in [5.74, 6) is -0.662. The molecule has 118 valence electrons. The van der Waals surface area contributed by atoms with E-state index in [2.05, 4.69) is 10.4 Å². The number of amides is 1. The van der Waals surface area contributed by atoms with Crippen molar-refractivity contribution in [3.8, 4) is 0 Å². The molecule has 0 saturated carbocycles. The van der Waals surface area contributed by atoms with Gasteiger partial charge in [0.1, 0.15) is 5.00 Å². The molecule has 0 unspecified atom stereocenters. The number of hydrogen-bond donors (Lipinski definition) is 1. The quantitative estimate of drug-likeness (QED) is 0.848. The van der Waals surface area contributed by atoms with Gasteiger partial charge in [-0.2, -0.15) is 5.10 Å². The second-order valence-corrected chi connectivity index (χ2v) is 6.38. The van der Waals surface area contributed by atoms with Crippen LogP contribution >= 0.6 is 22.9 Å². The van der Waals surface area contributed by atoms with Crippen LogP contribution in [0.15, 0.2) is 12.3 Å². The van der Waals surface area contributed by atoms with Crippen molar-refractivity contribution < 1.29 is 14.3 Å². The number of methoxy groups -OCH3 is 1. The van der Waals surface area contributed by atoms with Crippen LogP contribution in [0.25, 0.3) is 0 Å². The Morgan fingerprint density at radius 3 is 2.77 bits per heavy atom. The van der Waals surface area contributed by atoms with Gasteiger partial charge in [-0.3, -0.25) is 9.48 Å². The van der Waals surface area contributed by atoms with Crippen LogP contribution in [0.2, 0.25) is 5.02 Å². The number of esters is 1. The van der Waals surface area contributed by atoms with Crippen LogP contribution in [0.3, 0.4) is 0 Å². The minimum Gasteiger partial charge on any atom is -0.465 e. The first kappa shape index (κ1) is 16.5. The van der Waals surface area contributed by atoms with E-state index < -0.39 is 5.97 Å². The van der Waals surface area contributed by atoms with E-state index in [1.54, 1.807) is 23.9 Å². The summed E-state index contributed by atoms with van der Waals surface area (Å²) in [6.45, 7) is 4.08. The molecule has 0 bridgehead atoms. The maximum Gasteiger partial charge on any atom is 0.340 e. The maximum atomic E-state index is 12.0. The van der Waals surface area contributed by atoms with Gasteiger partial charge in [-0.25, -0.2) is 4.79 Å². The number of rotatable bonds is 5. The monoisotopic (exact) mass is 341 g/mol. The molecule has 2 aromatic rings. The summed E-state index contributed by atoms with van der Waals surface area (Å²) in [6, 6.07) is 1.70. The number of thiophene rings is 1. The van der Waals surface area contributed by atoms with Crippen molar-refractivity contribution in [1.29, 1.82) is 0 Å². The summed E-state index contributed by atoms with van der Waals surface area (Å²) < 4.78 is 6.33. The smallest absolute Gasteiger partial charge is 0.340 e. The molecule has 0 radical (unpaired) electrons. The van der Waals surface area contributed by atoms with Gasteiger partial charge in [-0.15, -0.1) is 11.3 Å². The zero-order chi connectivity index (χ0) is 16.3. The van der Waals surface area contributed by atoms with Crippen LogP contribution < -0.4 is 5.32 Å². The number of carbonyl (C=O) groups is 2. The molecule has 2 heterocycles. The Balaban J connectivity index is 1.99. The Labute approximate surface area is 137 Å². The van der Waals surface area contributed by atoms with Gasteiger partial charge in [0.05, 0.1) is 23.4 Å². The minimum absolute atomic E-state index is 0.198. The summed E-state index contributed by atoms with van der Waals surface area (Å²) in [5.41, 5.74) is 1.10. The van der Waals surface area contributed by atoms with Crippen LogP contribution in [0, 0.1) is 13.8 Å². The number of nitrogens with one attached hydrogen (secondary N) is 1. The molecular weight excluding hydrogens is 326 g/mol. The molecule has 0 aliphatic carbocycles. The molecule has 8 heteroatoms. The zero-order valence-corrected chi connectivity index (χ0v) is 14.0. The maximum absolute atomic E-state index is 12.0. The third kappa shape index (κ3) is 3.86. The van der Waals surface area contributed by atoms with Crippen LogP contribution in [-0.2, 0) is 16.1 Å². The van der Waals surface area contributed by atoms with E-state index in [1.807, 2.05) is 6.92 Å². The fraction of sp³-hybridized carbons (Fsp3) is 0.357. The lowest BCUT2D eigenvalue weighted by atomic mass is 10.3. The number of aryl methyl sites for hydroxylation is 3. The fourth-order valence-corrected chi connectivity index (χ4v) is 2.95. The highest BCUT2D eigenvalue weighted by molar-refractivity contribution is 7.16. The predicted molar refractivity (Wildman–Crippen MR) is 85.6 cm³/mol. The highest BCUT2D eigenvalue weighted by Gasteiger charge is 2.17. The number of hydrogen-bond acceptors (Lipinski definition) is 5. The third-order valence-electron chi connectivity index (χ3n) is 2.97. The Bertz CT molecular complexity index is 689. The van der Waals surface area contributed by atoms with Gasteiger partial charge in [0.2, 0.25) is 5.91 Å². The molecule has 6 nitrogen and oxygen atoms in total. The lowest BCUT2D eigenvalue weighted by Crippen LogP contribution is -2.16. The summed E-state index contributed by atoms with van der Waals surface area (Å²) in [7, 11) is 1.31. The van der Waals surface area contributed by atoms with Gasteiger partial charge in [0.25, 0.3) is 0 Å². The van der Waals surface area contributed by atoms with Gasteiger partial charge in [0.15, 0.2) is 0 Å². The molecule has 0 aromatic carbocycles. The highest BCUT2D eigenvalue weighted by Crippen LogP contribution is 2.28.